The van der Waals surface area contributed by atoms with E-state index in [1.807, 2.05) is 6.92 Å². The highest BCUT2D eigenvalue weighted by Gasteiger charge is 2.16. The first-order valence-electron chi connectivity index (χ1n) is 5.70. The normalized spacial score (nSPS) is 19.5. The number of amides is 1. The molecule has 2 heterocycles. The van der Waals surface area contributed by atoms with Crippen molar-refractivity contribution in [1.82, 2.24) is 9.88 Å². The van der Waals surface area contributed by atoms with Crippen LogP contribution in [0.5, 0.6) is 0 Å². The third-order valence-corrected chi connectivity index (χ3v) is 3.71. The van der Waals surface area contributed by atoms with Crippen LogP contribution in [-0.2, 0) is 16.1 Å². The van der Waals surface area contributed by atoms with Crippen molar-refractivity contribution in [2.45, 2.75) is 32.4 Å². The molecule has 6 heteroatoms. The number of carbonyl (C=O) groups excluding carboxylic acids is 1. The van der Waals surface area contributed by atoms with E-state index in [9.17, 15) is 9.59 Å². The molecule has 94 valence electrons. The van der Waals surface area contributed by atoms with E-state index in [-0.39, 0.29) is 23.4 Å². The molecule has 0 aliphatic carbocycles. The molecule has 0 spiro atoms. The predicted molar refractivity (Wildman–Crippen MR) is 65.3 cm³/mol. The lowest BCUT2D eigenvalue weighted by Crippen LogP contribution is -2.35. The maximum absolute atomic E-state index is 11.6. The van der Waals surface area contributed by atoms with Gasteiger partial charge in [-0.15, -0.1) is 0 Å². The monoisotopic (exact) mass is 256 g/mol. The Balaban J connectivity index is 1.83. The van der Waals surface area contributed by atoms with Crippen molar-refractivity contribution in [3.63, 3.8) is 0 Å². The molecule has 1 aliphatic rings. The SMILES string of the molecule is Cc1csc(=O)n1CC(=O)NCC1CCCO1. The number of aryl methyl sites for hydroxylation is 1. The van der Waals surface area contributed by atoms with Crippen LogP contribution in [0.1, 0.15) is 18.5 Å². The lowest BCUT2D eigenvalue weighted by molar-refractivity contribution is -0.122. The summed E-state index contributed by atoms with van der Waals surface area (Å²) in [6.45, 7) is 3.24. The Morgan fingerprint density at radius 3 is 3.12 bits per heavy atom. The first-order chi connectivity index (χ1) is 8.16. The number of rotatable bonds is 4. The van der Waals surface area contributed by atoms with Gasteiger partial charge in [0.2, 0.25) is 5.91 Å². The Bertz CT molecular complexity index is 446. The molecule has 0 saturated carbocycles. The van der Waals surface area contributed by atoms with Crippen LogP contribution in [0.15, 0.2) is 10.2 Å². The van der Waals surface area contributed by atoms with E-state index in [0.717, 1.165) is 36.5 Å². The zero-order valence-electron chi connectivity index (χ0n) is 9.77. The lowest BCUT2D eigenvalue weighted by Gasteiger charge is -2.11. The fourth-order valence-corrected chi connectivity index (χ4v) is 2.56. The number of hydrogen-bond acceptors (Lipinski definition) is 4. The summed E-state index contributed by atoms with van der Waals surface area (Å²) in [5, 5.41) is 4.56. The molecule has 1 atom stereocenters. The third kappa shape index (κ3) is 3.17. The molecule has 0 aromatic carbocycles. The first kappa shape index (κ1) is 12.3. The number of nitrogens with zero attached hydrogens (tertiary/aromatic N) is 1. The highest BCUT2D eigenvalue weighted by Crippen LogP contribution is 2.10. The molecule has 1 unspecified atom stereocenters. The quantitative estimate of drug-likeness (QED) is 0.854. The number of nitrogens with one attached hydrogen (secondary N) is 1. The average molecular weight is 256 g/mol. The van der Waals surface area contributed by atoms with E-state index < -0.39 is 0 Å². The van der Waals surface area contributed by atoms with Gasteiger partial charge in [0.25, 0.3) is 0 Å². The van der Waals surface area contributed by atoms with Crippen LogP contribution in [0.25, 0.3) is 0 Å². The molecule has 5 nitrogen and oxygen atoms in total. The number of thiazole rings is 1. The van der Waals surface area contributed by atoms with Crippen molar-refractivity contribution in [2.75, 3.05) is 13.2 Å². The fourth-order valence-electron chi connectivity index (χ4n) is 1.83. The van der Waals surface area contributed by atoms with Crippen molar-refractivity contribution in [1.29, 1.82) is 0 Å². The minimum absolute atomic E-state index is 0.0882. The largest absolute Gasteiger partial charge is 0.376 e. The van der Waals surface area contributed by atoms with Gasteiger partial charge in [0, 0.05) is 24.2 Å². The molecule has 1 N–H and O–H groups in total. The van der Waals surface area contributed by atoms with Gasteiger partial charge in [-0.3, -0.25) is 14.2 Å². The van der Waals surface area contributed by atoms with E-state index >= 15 is 0 Å². The van der Waals surface area contributed by atoms with E-state index in [1.165, 1.54) is 4.57 Å². The summed E-state index contributed by atoms with van der Waals surface area (Å²) in [7, 11) is 0. The number of carbonyl (C=O) groups is 1. The molecule has 1 fully saturated rings. The smallest absolute Gasteiger partial charge is 0.307 e. The minimum Gasteiger partial charge on any atom is -0.376 e. The maximum Gasteiger partial charge on any atom is 0.307 e. The van der Waals surface area contributed by atoms with Crippen molar-refractivity contribution >= 4 is 17.2 Å². The van der Waals surface area contributed by atoms with Crippen LogP contribution in [-0.4, -0.2) is 29.7 Å². The van der Waals surface area contributed by atoms with Crippen LogP contribution >= 0.6 is 11.3 Å². The second-order valence-electron chi connectivity index (χ2n) is 4.17. The van der Waals surface area contributed by atoms with Crippen LogP contribution in [0.2, 0.25) is 0 Å². The second-order valence-corrected chi connectivity index (χ2v) is 4.99. The van der Waals surface area contributed by atoms with Crippen LogP contribution in [0.3, 0.4) is 0 Å². The van der Waals surface area contributed by atoms with E-state index in [4.69, 9.17) is 4.74 Å². The molecule has 0 radical (unpaired) electrons. The maximum atomic E-state index is 11.6. The number of ether oxygens (including phenoxy) is 1. The van der Waals surface area contributed by atoms with Gasteiger partial charge in [-0.25, -0.2) is 0 Å². The Kier molecular flexibility index (Phi) is 3.96. The summed E-state index contributed by atoms with van der Waals surface area (Å²) >= 11 is 1.12. The highest BCUT2D eigenvalue weighted by atomic mass is 32.1. The van der Waals surface area contributed by atoms with E-state index in [1.54, 1.807) is 5.38 Å². The Morgan fingerprint density at radius 1 is 1.71 bits per heavy atom. The van der Waals surface area contributed by atoms with E-state index in [2.05, 4.69) is 5.32 Å². The van der Waals surface area contributed by atoms with Crippen LogP contribution < -0.4 is 10.2 Å². The topological polar surface area (TPSA) is 60.3 Å². The van der Waals surface area contributed by atoms with Gasteiger partial charge < -0.3 is 10.1 Å². The first-order valence-corrected chi connectivity index (χ1v) is 6.58. The molecule has 1 aromatic heterocycles. The van der Waals surface area contributed by atoms with E-state index in [0.29, 0.717) is 6.54 Å². The van der Waals surface area contributed by atoms with Crippen molar-refractivity contribution in [3.05, 3.63) is 20.7 Å². The zero-order valence-corrected chi connectivity index (χ0v) is 10.6. The standard InChI is InChI=1S/C11H16N2O3S/c1-8-7-17-11(15)13(8)6-10(14)12-5-9-3-2-4-16-9/h7,9H,2-6H2,1H3,(H,12,14). The molecule has 17 heavy (non-hydrogen) atoms. The molecule has 2 rings (SSSR count). The van der Waals surface area contributed by atoms with Crippen molar-refractivity contribution in [2.24, 2.45) is 0 Å². The summed E-state index contributed by atoms with van der Waals surface area (Å²) in [5.74, 6) is -0.135. The Labute approximate surface area is 103 Å². The van der Waals surface area contributed by atoms with Gasteiger partial charge in [0.1, 0.15) is 6.54 Å². The Hall–Kier alpha value is -1.14. The molecule has 0 bridgehead atoms. The summed E-state index contributed by atoms with van der Waals surface area (Å²) in [5.41, 5.74) is 0.826. The van der Waals surface area contributed by atoms with Crippen LogP contribution in [0.4, 0.5) is 0 Å². The summed E-state index contributed by atoms with van der Waals surface area (Å²) in [6.07, 6.45) is 2.20. The zero-order chi connectivity index (χ0) is 12.3. The molecule has 1 amide bonds. The Morgan fingerprint density at radius 2 is 2.53 bits per heavy atom. The van der Waals surface area contributed by atoms with Crippen molar-refractivity contribution < 1.29 is 9.53 Å². The highest BCUT2D eigenvalue weighted by molar-refractivity contribution is 7.07. The molecule has 1 aromatic rings. The summed E-state index contributed by atoms with van der Waals surface area (Å²) < 4.78 is 6.89. The molecular formula is C11H16N2O3S. The second kappa shape index (κ2) is 5.46. The fraction of sp³-hybridized carbons (Fsp3) is 0.636. The number of aromatic nitrogens is 1. The van der Waals surface area contributed by atoms with Gasteiger partial charge >= 0.3 is 4.87 Å². The molecule has 1 aliphatic heterocycles. The van der Waals surface area contributed by atoms with Gasteiger partial charge in [-0.2, -0.15) is 0 Å². The van der Waals surface area contributed by atoms with Gasteiger partial charge in [0.05, 0.1) is 6.10 Å². The molecule has 1 saturated heterocycles. The average Bonchev–Trinajstić information content (AvgIpc) is 2.91. The van der Waals surface area contributed by atoms with Gasteiger partial charge in [-0.05, 0) is 19.8 Å². The van der Waals surface area contributed by atoms with Gasteiger partial charge in [-0.1, -0.05) is 11.3 Å². The lowest BCUT2D eigenvalue weighted by atomic mass is 10.2. The minimum atomic E-state index is -0.135. The predicted octanol–water partition coefficient (Wildman–Crippen LogP) is 0.513. The summed E-state index contributed by atoms with van der Waals surface area (Å²) in [4.78, 5) is 23.0. The van der Waals surface area contributed by atoms with Crippen molar-refractivity contribution in [3.8, 4) is 0 Å². The molecular weight excluding hydrogens is 240 g/mol. The summed E-state index contributed by atoms with van der Waals surface area (Å²) in [6, 6.07) is 0. The third-order valence-electron chi connectivity index (χ3n) is 2.83. The van der Waals surface area contributed by atoms with Gasteiger partial charge in [0.15, 0.2) is 0 Å². The van der Waals surface area contributed by atoms with Crippen LogP contribution in [0, 0.1) is 6.92 Å². The number of hydrogen-bond donors (Lipinski definition) is 1.